The predicted molar refractivity (Wildman–Crippen MR) is 71.0 cm³/mol. The Morgan fingerprint density at radius 3 is 2.76 bits per heavy atom. The number of aromatic amines is 1. The molecule has 0 fully saturated rings. The molecule has 2 heterocycles. The Labute approximate surface area is 108 Å². The lowest BCUT2D eigenvalue weighted by Crippen LogP contribution is -2.30. The second-order valence-electron chi connectivity index (χ2n) is 3.75. The molecule has 0 unspecified atom stereocenters. The predicted octanol–water partition coefficient (Wildman–Crippen LogP) is 2.81. The molecule has 2 rings (SSSR count). The van der Waals surface area contributed by atoms with Crippen LogP contribution in [0.25, 0.3) is 10.9 Å². The van der Waals surface area contributed by atoms with E-state index < -0.39 is 0 Å². The lowest BCUT2D eigenvalue weighted by Gasteiger charge is -2.17. The smallest absolute Gasteiger partial charge is 0.270 e. The summed E-state index contributed by atoms with van der Waals surface area (Å²) in [6.07, 6.45) is 1.72. The van der Waals surface area contributed by atoms with Crippen molar-refractivity contribution in [2.45, 2.75) is 13.8 Å². The van der Waals surface area contributed by atoms with Gasteiger partial charge in [0.1, 0.15) is 10.3 Å². The zero-order chi connectivity index (χ0) is 12.4. The zero-order valence-electron chi connectivity index (χ0n) is 9.83. The van der Waals surface area contributed by atoms with Gasteiger partial charge in [0.2, 0.25) is 0 Å². The number of H-pyrrole nitrogens is 1. The van der Waals surface area contributed by atoms with Gasteiger partial charge in [-0.3, -0.25) is 4.79 Å². The van der Waals surface area contributed by atoms with Gasteiger partial charge in [-0.05, 0) is 41.9 Å². The Kier molecular flexibility index (Phi) is 3.47. The number of carbonyl (C=O) groups excluding carboxylic acids is 1. The molecule has 4 nitrogen and oxygen atoms in total. The van der Waals surface area contributed by atoms with E-state index in [-0.39, 0.29) is 5.91 Å². The van der Waals surface area contributed by atoms with Crippen LogP contribution in [0.2, 0.25) is 0 Å². The lowest BCUT2D eigenvalue weighted by molar-refractivity contribution is 0.0768. The lowest BCUT2D eigenvalue weighted by atomic mass is 10.3. The first-order chi connectivity index (χ1) is 8.15. The molecule has 5 heteroatoms. The van der Waals surface area contributed by atoms with Crippen molar-refractivity contribution in [1.82, 2.24) is 14.9 Å². The van der Waals surface area contributed by atoms with E-state index in [9.17, 15) is 4.79 Å². The Morgan fingerprint density at radius 2 is 2.12 bits per heavy atom. The van der Waals surface area contributed by atoms with Crippen LogP contribution in [0.4, 0.5) is 0 Å². The summed E-state index contributed by atoms with van der Waals surface area (Å²) in [5.41, 5.74) is 1.49. The number of halogens is 1. The topological polar surface area (TPSA) is 49.0 Å². The molecule has 0 aliphatic rings. The molecule has 90 valence electrons. The molecule has 0 spiro atoms. The second kappa shape index (κ2) is 4.87. The molecule has 0 bridgehead atoms. The minimum Gasteiger partial charge on any atom is -0.349 e. The largest absolute Gasteiger partial charge is 0.349 e. The van der Waals surface area contributed by atoms with Crippen molar-refractivity contribution in [2.75, 3.05) is 13.1 Å². The van der Waals surface area contributed by atoms with Gasteiger partial charge in [-0.25, -0.2) is 4.98 Å². The molecule has 1 N–H and O–H groups in total. The third-order valence-electron chi connectivity index (χ3n) is 2.75. The van der Waals surface area contributed by atoms with Gasteiger partial charge >= 0.3 is 0 Å². The van der Waals surface area contributed by atoms with Crippen LogP contribution < -0.4 is 0 Å². The van der Waals surface area contributed by atoms with E-state index in [1.165, 1.54) is 0 Å². The van der Waals surface area contributed by atoms with Gasteiger partial charge in [0.15, 0.2) is 0 Å². The van der Waals surface area contributed by atoms with Gasteiger partial charge in [-0.15, -0.1) is 0 Å². The summed E-state index contributed by atoms with van der Waals surface area (Å²) >= 11 is 3.31. The number of hydrogen-bond donors (Lipinski definition) is 1. The summed E-state index contributed by atoms with van der Waals surface area (Å²) in [7, 11) is 0. The van der Waals surface area contributed by atoms with Gasteiger partial charge in [-0.1, -0.05) is 0 Å². The number of carbonyl (C=O) groups is 1. The van der Waals surface area contributed by atoms with E-state index in [4.69, 9.17) is 0 Å². The van der Waals surface area contributed by atoms with Crippen molar-refractivity contribution in [2.24, 2.45) is 0 Å². The molecule has 17 heavy (non-hydrogen) atoms. The average molecular weight is 296 g/mol. The van der Waals surface area contributed by atoms with Crippen molar-refractivity contribution in [1.29, 1.82) is 0 Å². The number of amides is 1. The first-order valence-electron chi connectivity index (χ1n) is 5.59. The standard InChI is InChI=1S/C12H14BrN3O/c1-3-16(4-2)12(17)9-5-8-6-11(13)14-7-10(8)15-9/h5-7,15H,3-4H2,1-2H3. The molecule has 0 saturated carbocycles. The van der Waals surface area contributed by atoms with E-state index >= 15 is 0 Å². The monoisotopic (exact) mass is 295 g/mol. The molecule has 1 amide bonds. The van der Waals surface area contributed by atoms with Gasteiger partial charge in [0.05, 0.1) is 11.7 Å². The zero-order valence-corrected chi connectivity index (χ0v) is 11.4. The number of pyridine rings is 1. The van der Waals surface area contributed by atoms with Gasteiger partial charge in [0.25, 0.3) is 5.91 Å². The van der Waals surface area contributed by atoms with Crippen molar-refractivity contribution in [3.8, 4) is 0 Å². The third kappa shape index (κ3) is 2.34. The Hall–Kier alpha value is -1.36. The van der Waals surface area contributed by atoms with E-state index in [1.54, 1.807) is 11.1 Å². The molecular formula is C12H14BrN3O. The maximum Gasteiger partial charge on any atom is 0.270 e. The highest BCUT2D eigenvalue weighted by molar-refractivity contribution is 9.10. The Balaban J connectivity index is 2.39. The second-order valence-corrected chi connectivity index (χ2v) is 4.57. The summed E-state index contributed by atoms with van der Waals surface area (Å²) < 4.78 is 0.769. The molecule has 0 radical (unpaired) electrons. The summed E-state index contributed by atoms with van der Waals surface area (Å²) in [4.78, 5) is 21.1. The average Bonchev–Trinajstić information content (AvgIpc) is 2.73. The minimum absolute atomic E-state index is 0.0299. The maximum absolute atomic E-state index is 12.1. The number of nitrogens with one attached hydrogen (secondary N) is 1. The van der Waals surface area contributed by atoms with Crippen LogP contribution in [0, 0.1) is 0 Å². The first-order valence-corrected chi connectivity index (χ1v) is 6.38. The Bertz CT molecular complexity index is 546. The quantitative estimate of drug-likeness (QED) is 0.885. The van der Waals surface area contributed by atoms with Crippen molar-refractivity contribution in [3.05, 3.63) is 28.6 Å². The first kappa shape index (κ1) is 12.1. The van der Waals surface area contributed by atoms with Gasteiger partial charge in [0, 0.05) is 18.5 Å². The fourth-order valence-electron chi connectivity index (χ4n) is 1.80. The summed E-state index contributed by atoms with van der Waals surface area (Å²) in [6, 6.07) is 3.76. The maximum atomic E-state index is 12.1. The van der Waals surface area contributed by atoms with Crippen LogP contribution >= 0.6 is 15.9 Å². The summed E-state index contributed by atoms with van der Waals surface area (Å²) in [5.74, 6) is 0.0299. The SMILES string of the molecule is CCN(CC)C(=O)c1cc2cc(Br)ncc2[nH]1. The molecular weight excluding hydrogens is 282 g/mol. The van der Waals surface area contributed by atoms with Gasteiger partial charge < -0.3 is 9.88 Å². The number of nitrogens with zero attached hydrogens (tertiary/aromatic N) is 2. The molecule has 0 aliphatic carbocycles. The van der Waals surface area contributed by atoms with Crippen molar-refractivity contribution in [3.63, 3.8) is 0 Å². The molecule has 2 aromatic rings. The van der Waals surface area contributed by atoms with Crippen LogP contribution in [0.1, 0.15) is 24.3 Å². The molecule has 0 saturated heterocycles. The van der Waals surface area contributed by atoms with E-state index in [0.29, 0.717) is 18.8 Å². The Morgan fingerprint density at radius 1 is 1.41 bits per heavy atom. The number of rotatable bonds is 3. The third-order valence-corrected chi connectivity index (χ3v) is 3.19. The fraction of sp³-hybridized carbons (Fsp3) is 0.333. The fourth-order valence-corrected chi connectivity index (χ4v) is 2.15. The highest BCUT2D eigenvalue weighted by Gasteiger charge is 2.14. The van der Waals surface area contributed by atoms with Crippen LogP contribution in [0.3, 0.4) is 0 Å². The number of aromatic nitrogens is 2. The van der Waals surface area contributed by atoms with E-state index in [2.05, 4.69) is 25.9 Å². The number of hydrogen-bond acceptors (Lipinski definition) is 2. The molecule has 0 aromatic carbocycles. The molecule has 0 aliphatic heterocycles. The van der Waals surface area contributed by atoms with E-state index in [1.807, 2.05) is 26.0 Å². The summed E-state index contributed by atoms with van der Waals surface area (Å²) in [5, 5.41) is 0.988. The van der Waals surface area contributed by atoms with E-state index in [0.717, 1.165) is 15.5 Å². The van der Waals surface area contributed by atoms with Crippen molar-refractivity contribution >= 4 is 32.7 Å². The molecule has 2 aromatic heterocycles. The highest BCUT2D eigenvalue weighted by Crippen LogP contribution is 2.19. The van der Waals surface area contributed by atoms with Crippen LogP contribution in [-0.2, 0) is 0 Å². The minimum atomic E-state index is 0.0299. The molecule has 0 atom stereocenters. The van der Waals surface area contributed by atoms with Gasteiger partial charge in [-0.2, -0.15) is 0 Å². The van der Waals surface area contributed by atoms with Crippen LogP contribution in [0.5, 0.6) is 0 Å². The van der Waals surface area contributed by atoms with Crippen molar-refractivity contribution < 1.29 is 4.79 Å². The number of fused-ring (bicyclic) bond motifs is 1. The van der Waals surface area contributed by atoms with Crippen LogP contribution in [0.15, 0.2) is 22.9 Å². The van der Waals surface area contributed by atoms with Crippen LogP contribution in [-0.4, -0.2) is 33.9 Å². The normalized spacial score (nSPS) is 10.8. The highest BCUT2D eigenvalue weighted by atomic mass is 79.9. The summed E-state index contributed by atoms with van der Waals surface area (Å²) in [6.45, 7) is 5.38.